The Morgan fingerprint density at radius 3 is 2.28 bits per heavy atom. The molecule has 0 unspecified atom stereocenters. The highest BCUT2D eigenvalue weighted by molar-refractivity contribution is 6.09. The summed E-state index contributed by atoms with van der Waals surface area (Å²) >= 11 is 0. The molecule has 18 heavy (non-hydrogen) atoms. The second-order valence-electron chi connectivity index (χ2n) is 4.02. The SMILES string of the molecule is CN(C(=O)CC1C(=O)NNC1=O)c1ccccc1. The van der Waals surface area contributed by atoms with Gasteiger partial charge in [0.25, 0.3) is 11.8 Å². The van der Waals surface area contributed by atoms with Crippen LogP contribution in [0.3, 0.4) is 0 Å². The number of amides is 3. The van der Waals surface area contributed by atoms with Crippen molar-refractivity contribution in [1.29, 1.82) is 0 Å². The van der Waals surface area contributed by atoms with Crippen LogP contribution in [-0.4, -0.2) is 24.8 Å². The summed E-state index contributed by atoms with van der Waals surface area (Å²) < 4.78 is 0. The van der Waals surface area contributed by atoms with Gasteiger partial charge in [-0.25, -0.2) is 0 Å². The summed E-state index contributed by atoms with van der Waals surface area (Å²) in [6.45, 7) is 0. The van der Waals surface area contributed by atoms with Crippen LogP contribution in [0.5, 0.6) is 0 Å². The highest BCUT2D eigenvalue weighted by Gasteiger charge is 2.35. The molecule has 0 bridgehead atoms. The fourth-order valence-corrected chi connectivity index (χ4v) is 1.71. The number of para-hydroxylation sites is 1. The van der Waals surface area contributed by atoms with Gasteiger partial charge in [0, 0.05) is 19.2 Å². The van der Waals surface area contributed by atoms with Crippen molar-refractivity contribution in [1.82, 2.24) is 10.9 Å². The van der Waals surface area contributed by atoms with Crippen molar-refractivity contribution >= 4 is 23.4 Å². The first-order chi connectivity index (χ1) is 8.59. The summed E-state index contributed by atoms with van der Waals surface area (Å²) in [6.07, 6.45) is -0.136. The first-order valence-electron chi connectivity index (χ1n) is 5.51. The molecule has 2 rings (SSSR count). The number of nitrogens with one attached hydrogen (secondary N) is 2. The average Bonchev–Trinajstić information content (AvgIpc) is 2.70. The molecule has 6 heteroatoms. The lowest BCUT2D eigenvalue weighted by molar-refractivity contribution is -0.132. The second-order valence-corrected chi connectivity index (χ2v) is 4.02. The molecule has 6 nitrogen and oxygen atoms in total. The van der Waals surface area contributed by atoms with Gasteiger partial charge in [-0.1, -0.05) is 18.2 Å². The highest BCUT2D eigenvalue weighted by Crippen LogP contribution is 2.15. The zero-order valence-electron chi connectivity index (χ0n) is 9.84. The van der Waals surface area contributed by atoms with E-state index in [4.69, 9.17) is 0 Å². The highest BCUT2D eigenvalue weighted by atomic mass is 16.2. The summed E-state index contributed by atoms with van der Waals surface area (Å²) in [6, 6.07) is 9.04. The first kappa shape index (κ1) is 12.1. The number of carbonyl (C=O) groups is 3. The second kappa shape index (κ2) is 4.87. The molecule has 1 aliphatic rings. The Bertz CT molecular complexity index is 471. The van der Waals surface area contributed by atoms with Gasteiger partial charge in [0.2, 0.25) is 5.91 Å². The van der Waals surface area contributed by atoms with Gasteiger partial charge in [0.15, 0.2) is 0 Å². The number of carbonyl (C=O) groups excluding carboxylic acids is 3. The van der Waals surface area contributed by atoms with Crippen molar-refractivity contribution in [2.75, 3.05) is 11.9 Å². The minimum atomic E-state index is -0.941. The molecule has 1 aromatic rings. The zero-order valence-corrected chi connectivity index (χ0v) is 9.84. The minimum absolute atomic E-state index is 0.136. The lowest BCUT2D eigenvalue weighted by Crippen LogP contribution is -2.31. The predicted molar refractivity (Wildman–Crippen MR) is 64.2 cm³/mol. The van der Waals surface area contributed by atoms with E-state index in [-0.39, 0.29) is 12.3 Å². The minimum Gasteiger partial charge on any atom is -0.315 e. The molecule has 2 N–H and O–H groups in total. The van der Waals surface area contributed by atoms with E-state index in [1.165, 1.54) is 4.90 Å². The maximum Gasteiger partial charge on any atom is 0.251 e. The van der Waals surface area contributed by atoms with Crippen molar-refractivity contribution < 1.29 is 14.4 Å². The molecule has 0 saturated carbocycles. The van der Waals surface area contributed by atoms with Crippen LogP contribution in [0.2, 0.25) is 0 Å². The van der Waals surface area contributed by atoms with Crippen molar-refractivity contribution in [3.05, 3.63) is 30.3 Å². The molecular formula is C12H13N3O3. The van der Waals surface area contributed by atoms with Crippen LogP contribution in [0.25, 0.3) is 0 Å². The number of hydrogen-bond donors (Lipinski definition) is 2. The number of hydrogen-bond acceptors (Lipinski definition) is 3. The third-order valence-electron chi connectivity index (χ3n) is 2.84. The largest absolute Gasteiger partial charge is 0.315 e. The maximum absolute atomic E-state index is 12.0. The molecule has 0 atom stereocenters. The summed E-state index contributed by atoms with van der Waals surface area (Å²) in [5.41, 5.74) is 5.11. The lowest BCUT2D eigenvalue weighted by atomic mass is 10.0. The van der Waals surface area contributed by atoms with E-state index in [9.17, 15) is 14.4 Å². The van der Waals surface area contributed by atoms with Gasteiger partial charge >= 0.3 is 0 Å². The van der Waals surface area contributed by atoms with Crippen molar-refractivity contribution in [2.24, 2.45) is 5.92 Å². The van der Waals surface area contributed by atoms with E-state index in [2.05, 4.69) is 10.9 Å². The lowest BCUT2D eigenvalue weighted by Gasteiger charge is -2.17. The van der Waals surface area contributed by atoms with Crippen molar-refractivity contribution in [2.45, 2.75) is 6.42 Å². The molecule has 0 aliphatic carbocycles. The Balaban J connectivity index is 2.04. The van der Waals surface area contributed by atoms with Gasteiger partial charge in [0.05, 0.1) is 0 Å². The third-order valence-corrected chi connectivity index (χ3v) is 2.84. The molecule has 0 radical (unpaired) electrons. The Morgan fingerprint density at radius 2 is 1.72 bits per heavy atom. The van der Waals surface area contributed by atoms with E-state index in [1.54, 1.807) is 19.2 Å². The normalized spacial score (nSPS) is 15.2. The van der Waals surface area contributed by atoms with Crippen LogP contribution in [0.15, 0.2) is 30.3 Å². The van der Waals surface area contributed by atoms with Crippen LogP contribution >= 0.6 is 0 Å². The molecule has 1 heterocycles. The molecule has 0 aromatic heterocycles. The number of hydrazine groups is 1. The molecule has 1 saturated heterocycles. The average molecular weight is 247 g/mol. The van der Waals surface area contributed by atoms with Crippen LogP contribution in [-0.2, 0) is 14.4 Å². The molecular weight excluding hydrogens is 234 g/mol. The maximum atomic E-state index is 12.0. The third kappa shape index (κ3) is 2.32. The molecule has 1 fully saturated rings. The van der Waals surface area contributed by atoms with Gasteiger partial charge in [0.1, 0.15) is 5.92 Å². The van der Waals surface area contributed by atoms with Gasteiger partial charge in [-0.05, 0) is 12.1 Å². The van der Waals surface area contributed by atoms with Crippen LogP contribution in [0.4, 0.5) is 5.69 Å². The fourth-order valence-electron chi connectivity index (χ4n) is 1.71. The smallest absolute Gasteiger partial charge is 0.251 e. The summed E-state index contributed by atoms with van der Waals surface area (Å²) in [5.74, 6) is -2.15. The quantitative estimate of drug-likeness (QED) is 0.727. The van der Waals surface area contributed by atoms with Gasteiger partial charge in [-0.15, -0.1) is 0 Å². The first-order valence-corrected chi connectivity index (χ1v) is 5.51. The van der Waals surface area contributed by atoms with E-state index in [1.807, 2.05) is 18.2 Å². The topological polar surface area (TPSA) is 78.5 Å². The Kier molecular flexibility index (Phi) is 3.27. The van der Waals surface area contributed by atoms with E-state index in [0.29, 0.717) is 0 Å². The monoisotopic (exact) mass is 247 g/mol. The summed E-state index contributed by atoms with van der Waals surface area (Å²) in [7, 11) is 1.61. The van der Waals surface area contributed by atoms with Crippen molar-refractivity contribution in [3.63, 3.8) is 0 Å². The molecule has 1 aromatic carbocycles. The van der Waals surface area contributed by atoms with E-state index < -0.39 is 17.7 Å². The fraction of sp³-hybridized carbons (Fsp3) is 0.250. The molecule has 3 amide bonds. The molecule has 1 aliphatic heterocycles. The zero-order chi connectivity index (χ0) is 13.1. The Morgan fingerprint density at radius 1 is 1.17 bits per heavy atom. The van der Waals surface area contributed by atoms with E-state index >= 15 is 0 Å². The van der Waals surface area contributed by atoms with Gasteiger partial charge in [-0.2, -0.15) is 0 Å². The molecule has 94 valence electrons. The number of rotatable bonds is 3. The van der Waals surface area contributed by atoms with Crippen LogP contribution in [0, 0.1) is 5.92 Å². The van der Waals surface area contributed by atoms with E-state index in [0.717, 1.165) is 5.69 Å². The standard InChI is InChI=1S/C12H13N3O3/c1-15(8-5-3-2-4-6-8)10(16)7-9-11(17)13-14-12(9)18/h2-6,9H,7H2,1H3,(H,13,17)(H,14,18). The number of anilines is 1. The Hall–Kier alpha value is -2.37. The summed E-state index contributed by atoms with van der Waals surface area (Å²) in [4.78, 5) is 36.0. The van der Waals surface area contributed by atoms with Gasteiger partial charge in [-0.3, -0.25) is 25.2 Å². The van der Waals surface area contributed by atoms with Crippen LogP contribution in [0.1, 0.15) is 6.42 Å². The number of nitrogens with zero attached hydrogens (tertiary/aromatic N) is 1. The van der Waals surface area contributed by atoms with Gasteiger partial charge < -0.3 is 4.90 Å². The Labute approximate surface area is 104 Å². The number of benzene rings is 1. The molecule has 0 spiro atoms. The predicted octanol–water partition coefficient (Wildman–Crippen LogP) is -0.183. The summed E-state index contributed by atoms with van der Waals surface area (Å²) in [5, 5.41) is 0. The van der Waals surface area contributed by atoms with Crippen LogP contribution < -0.4 is 15.8 Å². The van der Waals surface area contributed by atoms with Crippen molar-refractivity contribution in [3.8, 4) is 0 Å².